The van der Waals surface area contributed by atoms with Crippen molar-refractivity contribution in [3.05, 3.63) is 109 Å². The molecule has 6 rings (SSSR count). The molecule has 6 aromatic rings. The van der Waals surface area contributed by atoms with Gasteiger partial charge in [-0.3, -0.25) is 0 Å². The Morgan fingerprint density at radius 2 is 1.64 bits per heavy atom. The van der Waals surface area contributed by atoms with Crippen LogP contribution in [0.25, 0.3) is 39.1 Å². The van der Waals surface area contributed by atoms with Crippen molar-refractivity contribution in [2.75, 3.05) is 0 Å². The van der Waals surface area contributed by atoms with Crippen LogP contribution in [-0.4, -0.2) is 30.7 Å². The maximum Gasteiger partial charge on any atom is 0.514 e. The normalized spacial score (nSPS) is 11.7. The first kappa shape index (κ1) is 27.3. The molecule has 0 N–H and O–H groups in total. The van der Waals surface area contributed by atoms with E-state index < -0.39 is 11.8 Å². The molecule has 0 bridgehead atoms. The number of para-hydroxylation sites is 1. The molecule has 7 nitrogen and oxygen atoms in total. The zero-order valence-electron chi connectivity index (χ0n) is 24.4. The van der Waals surface area contributed by atoms with Crippen molar-refractivity contribution in [3.63, 3.8) is 0 Å². The molecule has 3 aromatic heterocycles. The van der Waals surface area contributed by atoms with E-state index in [0.29, 0.717) is 12.3 Å². The van der Waals surface area contributed by atoms with Gasteiger partial charge in [0, 0.05) is 36.5 Å². The zero-order valence-corrected chi connectivity index (χ0v) is 24.4. The Hall–Kier alpha value is -4.91. The van der Waals surface area contributed by atoms with Gasteiger partial charge in [0.15, 0.2) is 0 Å². The molecule has 0 aliphatic carbocycles. The molecule has 0 atom stereocenters. The third-order valence-corrected chi connectivity index (χ3v) is 7.04. The maximum absolute atomic E-state index is 12.3. The van der Waals surface area contributed by atoms with Crippen LogP contribution in [0.1, 0.15) is 45.5 Å². The van der Waals surface area contributed by atoms with Gasteiger partial charge in [-0.25, -0.2) is 14.8 Å². The van der Waals surface area contributed by atoms with E-state index >= 15 is 0 Å². The lowest BCUT2D eigenvalue weighted by atomic mass is 10.0. The monoisotopic (exact) mass is 558 g/mol. The highest BCUT2D eigenvalue weighted by atomic mass is 16.7. The molecule has 0 unspecified atom stereocenters. The number of pyridine rings is 1. The second-order valence-corrected chi connectivity index (χ2v) is 11.4. The van der Waals surface area contributed by atoms with E-state index in [2.05, 4.69) is 60.2 Å². The number of aromatic nitrogens is 4. The van der Waals surface area contributed by atoms with E-state index in [9.17, 15) is 4.79 Å². The minimum atomic E-state index is -0.716. The highest BCUT2D eigenvalue weighted by Gasteiger charge is 2.20. The Morgan fingerprint density at radius 1 is 0.881 bits per heavy atom. The molecule has 0 saturated carbocycles. The third kappa shape index (κ3) is 5.77. The van der Waals surface area contributed by atoms with Gasteiger partial charge < -0.3 is 18.4 Å². The number of ether oxygens (including phenoxy) is 2. The van der Waals surface area contributed by atoms with Crippen molar-refractivity contribution in [2.45, 2.75) is 52.7 Å². The Bertz CT molecular complexity index is 1840. The number of hydrogen-bond donors (Lipinski definition) is 0. The predicted molar refractivity (Wildman–Crippen MR) is 166 cm³/mol. The summed E-state index contributed by atoms with van der Waals surface area (Å²) < 4.78 is 15.3. The summed E-state index contributed by atoms with van der Waals surface area (Å²) in [7, 11) is 0. The van der Waals surface area contributed by atoms with Gasteiger partial charge >= 0.3 is 6.16 Å². The Labute approximate surface area is 245 Å². The first-order valence-corrected chi connectivity index (χ1v) is 14.3. The quantitative estimate of drug-likeness (QED) is 0.145. The van der Waals surface area contributed by atoms with Crippen molar-refractivity contribution in [3.8, 4) is 28.1 Å². The second kappa shape index (κ2) is 11.2. The van der Waals surface area contributed by atoms with Gasteiger partial charge in [-0.15, -0.1) is 0 Å². The number of nitrogens with zero attached hydrogens (tertiary/aromatic N) is 4. The number of benzene rings is 3. The topological polar surface area (TPSA) is 70.7 Å². The molecular weight excluding hydrogens is 524 g/mol. The molecule has 212 valence electrons. The van der Waals surface area contributed by atoms with Crippen LogP contribution in [0.15, 0.2) is 97.3 Å². The summed E-state index contributed by atoms with van der Waals surface area (Å²) >= 11 is 0. The van der Waals surface area contributed by atoms with Crippen LogP contribution in [0.4, 0.5) is 4.79 Å². The molecule has 3 heterocycles. The van der Waals surface area contributed by atoms with Crippen molar-refractivity contribution >= 4 is 22.8 Å². The molecule has 0 aliphatic rings. The molecule has 0 aliphatic heterocycles. The zero-order chi connectivity index (χ0) is 29.3. The van der Waals surface area contributed by atoms with Gasteiger partial charge in [0.25, 0.3) is 0 Å². The summed E-state index contributed by atoms with van der Waals surface area (Å²) in [5.41, 5.74) is 7.30. The van der Waals surface area contributed by atoms with Crippen molar-refractivity contribution in [1.29, 1.82) is 0 Å². The number of imidazole rings is 2. The first-order chi connectivity index (χ1) is 20.3. The third-order valence-electron chi connectivity index (χ3n) is 7.04. The fourth-order valence-electron chi connectivity index (χ4n) is 5.13. The Balaban J connectivity index is 1.27. The van der Waals surface area contributed by atoms with E-state index in [1.807, 2.05) is 67.8 Å². The van der Waals surface area contributed by atoms with E-state index in [1.54, 1.807) is 6.07 Å². The van der Waals surface area contributed by atoms with Crippen LogP contribution in [0.3, 0.4) is 0 Å². The number of rotatable bonds is 7. The molecule has 0 fully saturated rings. The summed E-state index contributed by atoms with van der Waals surface area (Å²) in [6.07, 6.45) is 5.25. The van der Waals surface area contributed by atoms with Crippen molar-refractivity contribution < 1.29 is 14.3 Å². The standard InChI is InChI=1S/C35H34N4O3/c1-5-10-33-36-28-21-26(29-23-38-20-9-8-13-32(38)37-29)18-19-30(28)39(33)22-24-14-16-25(17-15-24)27-11-6-7-12-31(27)41-34(40)42-35(2,3)4/h6-9,11-21,23H,5,10,22H2,1-4H3. The molecular formula is C35H34N4O3. The lowest BCUT2D eigenvalue weighted by Crippen LogP contribution is -2.26. The lowest BCUT2D eigenvalue weighted by Gasteiger charge is -2.19. The molecule has 0 spiro atoms. The van der Waals surface area contributed by atoms with Crippen LogP contribution in [0.5, 0.6) is 5.75 Å². The molecule has 0 radical (unpaired) electrons. The summed E-state index contributed by atoms with van der Waals surface area (Å²) in [4.78, 5) is 22.1. The van der Waals surface area contributed by atoms with Crippen molar-refractivity contribution in [1.82, 2.24) is 18.9 Å². The fraction of sp³-hybridized carbons (Fsp3) is 0.229. The molecule has 0 amide bonds. The lowest BCUT2D eigenvalue weighted by molar-refractivity contribution is 0.0207. The van der Waals surface area contributed by atoms with E-state index in [4.69, 9.17) is 19.4 Å². The number of hydrogen-bond acceptors (Lipinski definition) is 5. The number of fused-ring (bicyclic) bond motifs is 2. The van der Waals surface area contributed by atoms with Gasteiger partial charge in [-0.05, 0) is 68.7 Å². The molecule has 42 heavy (non-hydrogen) atoms. The van der Waals surface area contributed by atoms with Gasteiger partial charge in [-0.2, -0.15) is 0 Å². The van der Waals surface area contributed by atoms with Crippen LogP contribution in [-0.2, 0) is 17.7 Å². The van der Waals surface area contributed by atoms with Gasteiger partial charge in [0.1, 0.15) is 22.8 Å². The van der Waals surface area contributed by atoms with Crippen LogP contribution < -0.4 is 4.74 Å². The van der Waals surface area contributed by atoms with Crippen LogP contribution >= 0.6 is 0 Å². The van der Waals surface area contributed by atoms with Crippen molar-refractivity contribution in [2.24, 2.45) is 0 Å². The average Bonchev–Trinajstić information content (AvgIpc) is 3.54. The summed E-state index contributed by atoms with van der Waals surface area (Å²) in [6.45, 7) is 8.32. The van der Waals surface area contributed by atoms with Crippen LogP contribution in [0.2, 0.25) is 0 Å². The SMILES string of the molecule is CCCc1nc2cc(-c3cn4ccccc4n3)ccc2n1Cc1ccc(-c2ccccc2OC(=O)OC(C)(C)C)cc1. The first-order valence-electron chi connectivity index (χ1n) is 14.3. The number of carbonyl (C=O) groups excluding carboxylic acids is 1. The number of carbonyl (C=O) groups is 1. The average molecular weight is 559 g/mol. The Kier molecular flexibility index (Phi) is 7.25. The molecule has 7 heteroatoms. The highest BCUT2D eigenvalue weighted by Crippen LogP contribution is 2.31. The fourth-order valence-corrected chi connectivity index (χ4v) is 5.13. The van der Waals surface area contributed by atoms with Gasteiger partial charge in [0.2, 0.25) is 0 Å². The number of aryl methyl sites for hydroxylation is 1. The van der Waals surface area contributed by atoms with Crippen LogP contribution in [0, 0.1) is 0 Å². The molecule has 3 aromatic carbocycles. The highest BCUT2D eigenvalue weighted by molar-refractivity contribution is 5.82. The summed E-state index contributed by atoms with van der Waals surface area (Å²) in [6, 6.07) is 28.3. The summed E-state index contributed by atoms with van der Waals surface area (Å²) in [5.74, 6) is 1.53. The predicted octanol–water partition coefficient (Wildman–Crippen LogP) is 8.33. The minimum Gasteiger partial charge on any atom is -0.428 e. The minimum absolute atomic E-state index is 0.465. The van der Waals surface area contributed by atoms with E-state index in [-0.39, 0.29) is 0 Å². The maximum atomic E-state index is 12.3. The summed E-state index contributed by atoms with van der Waals surface area (Å²) in [5, 5.41) is 0. The largest absolute Gasteiger partial charge is 0.514 e. The molecule has 0 saturated heterocycles. The second-order valence-electron chi connectivity index (χ2n) is 11.4. The van der Waals surface area contributed by atoms with E-state index in [1.165, 1.54) is 0 Å². The van der Waals surface area contributed by atoms with Gasteiger partial charge in [-0.1, -0.05) is 61.5 Å². The van der Waals surface area contributed by atoms with E-state index in [0.717, 1.165) is 63.3 Å². The smallest absolute Gasteiger partial charge is 0.428 e. The van der Waals surface area contributed by atoms with Gasteiger partial charge in [0.05, 0.1) is 16.7 Å². The Morgan fingerprint density at radius 3 is 2.40 bits per heavy atom.